The van der Waals surface area contributed by atoms with Gasteiger partial charge < -0.3 is 71.6 Å². The molecule has 2 unspecified atom stereocenters. The summed E-state index contributed by atoms with van der Waals surface area (Å²) in [5, 5.41) is 11.1. The maximum atomic E-state index is 14.8. The van der Waals surface area contributed by atoms with E-state index in [1.54, 1.807) is 4.90 Å². The summed E-state index contributed by atoms with van der Waals surface area (Å²) in [5.41, 5.74) is -1.93. The van der Waals surface area contributed by atoms with Crippen molar-refractivity contribution in [3.63, 3.8) is 0 Å². The third-order valence-corrected chi connectivity index (χ3v) is 12.3. The first kappa shape index (κ1) is 49.3. The summed E-state index contributed by atoms with van der Waals surface area (Å²) < 4.78 is 74.5. The molecule has 5 saturated heterocycles. The van der Waals surface area contributed by atoms with Crippen LogP contribution in [0.5, 0.6) is 0 Å². The number of nitrogens with zero attached hydrogens (tertiary/aromatic N) is 2. The van der Waals surface area contributed by atoms with Gasteiger partial charge in [-0.2, -0.15) is 0 Å². The Bertz CT molecular complexity index is 2160. The summed E-state index contributed by atoms with van der Waals surface area (Å²) in [6, 6.07) is -0.924. The van der Waals surface area contributed by atoms with Gasteiger partial charge in [-0.15, -0.1) is 0 Å². The number of carbonyl (C=O) groups excluding carboxylic acids is 9. The first-order valence-corrected chi connectivity index (χ1v) is 21.3. The molecule has 0 aromatic heterocycles. The Hall–Kier alpha value is -5.57. The summed E-state index contributed by atoms with van der Waals surface area (Å²) in [4.78, 5) is 118. The first-order chi connectivity index (χ1) is 31.6. The average Bonchev–Trinajstić information content (AvgIpc) is 3.47. The second-order valence-electron chi connectivity index (χ2n) is 16.7. The van der Waals surface area contributed by atoms with Crippen LogP contribution in [0.3, 0.4) is 0 Å². The molecule has 6 aliphatic heterocycles. The number of methoxy groups -OCH3 is 1. The number of carbonyl (C=O) groups is 9. The van der Waals surface area contributed by atoms with Crippen molar-refractivity contribution in [3.8, 4) is 0 Å². The fourth-order valence-corrected chi connectivity index (χ4v) is 9.93. The molecule has 67 heavy (non-hydrogen) atoms. The first-order valence-electron chi connectivity index (χ1n) is 21.3. The van der Waals surface area contributed by atoms with E-state index in [4.69, 9.17) is 61.6 Å². The maximum Gasteiger partial charge on any atom is 0.303 e. The molecule has 0 radical (unpaired) electrons. The lowest BCUT2D eigenvalue weighted by molar-refractivity contribution is -0.299. The lowest BCUT2D eigenvalue weighted by atomic mass is 9.83. The van der Waals surface area contributed by atoms with Crippen molar-refractivity contribution in [2.24, 2.45) is 5.92 Å². The zero-order chi connectivity index (χ0) is 49.0. The number of fused-ring (bicyclic) bond motifs is 5. The number of hydrogen-bond donors (Lipinski definition) is 1. The Labute approximate surface area is 382 Å². The van der Waals surface area contributed by atoms with Gasteiger partial charge in [0.1, 0.15) is 25.4 Å². The van der Waals surface area contributed by atoms with Crippen LogP contribution < -0.4 is 0 Å². The molecule has 0 spiro atoms. The molecular weight excluding hydrogens is 900 g/mol. The molecule has 0 saturated carbocycles. The SMILES string of the molecule is CO[C@@]12[C@H](CO)C3=C(C(=O)C(C)=C(O[C@@H]4O[C@H](COC(C)=O)[C@@H](OC(C)=O)[C@H](OC(C)=O)[C@H]4OC(C)=O)C3=O)N1C[C@H]1[C@@H]2N1CC1O[C@H]2O[C@H](COC(C)=O)[C@@H](OC(C)=O)[C@H](OC(C)=O)[C@H]2O1. The van der Waals surface area contributed by atoms with Gasteiger partial charge in [0.15, 0.2) is 54.6 Å². The second-order valence-corrected chi connectivity index (χ2v) is 16.7. The van der Waals surface area contributed by atoms with Crippen LogP contribution >= 0.6 is 0 Å². The normalized spacial score (nSPS) is 37.0. The fourth-order valence-electron chi connectivity index (χ4n) is 9.93. The molecule has 0 amide bonds. The van der Waals surface area contributed by atoms with Gasteiger partial charge in [0.05, 0.1) is 30.8 Å². The molecule has 1 N–H and O–H groups in total. The van der Waals surface area contributed by atoms with Gasteiger partial charge >= 0.3 is 41.8 Å². The molecule has 1 aliphatic carbocycles. The third-order valence-electron chi connectivity index (χ3n) is 12.3. The molecule has 0 bridgehead atoms. The van der Waals surface area contributed by atoms with Gasteiger partial charge in [-0.1, -0.05) is 0 Å². The average molecular weight is 953 g/mol. The highest BCUT2D eigenvalue weighted by Crippen LogP contribution is 2.60. The Morgan fingerprint density at radius 1 is 0.672 bits per heavy atom. The largest absolute Gasteiger partial charge is 0.463 e. The summed E-state index contributed by atoms with van der Waals surface area (Å²) in [7, 11) is 1.37. The topological polar surface area (TPSA) is 300 Å². The Kier molecular flexibility index (Phi) is 14.1. The van der Waals surface area contributed by atoms with Crippen LogP contribution in [0.25, 0.3) is 0 Å². The molecule has 0 aromatic rings. The number of allylic oxidation sites excluding steroid dienone is 2. The fraction of sp³-hybridized carbons (Fsp3) is 0.690. The number of piperazine rings is 1. The van der Waals surface area contributed by atoms with Crippen molar-refractivity contribution >= 4 is 53.4 Å². The zero-order valence-electron chi connectivity index (χ0n) is 37.9. The number of esters is 7. The van der Waals surface area contributed by atoms with Crippen molar-refractivity contribution < 1.29 is 110 Å². The molecule has 5 fully saturated rings. The van der Waals surface area contributed by atoms with Crippen LogP contribution in [0, 0.1) is 5.92 Å². The monoisotopic (exact) mass is 952 g/mol. The van der Waals surface area contributed by atoms with E-state index in [9.17, 15) is 48.3 Å². The molecule has 7 aliphatic rings. The van der Waals surface area contributed by atoms with Crippen molar-refractivity contribution in [1.82, 2.24) is 9.80 Å². The maximum absolute atomic E-state index is 14.8. The lowest BCUT2D eigenvalue weighted by Crippen LogP contribution is -2.63. The Morgan fingerprint density at radius 3 is 1.73 bits per heavy atom. The Morgan fingerprint density at radius 2 is 1.19 bits per heavy atom. The van der Waals surface area contributed by atoms with Crippen molar-refractivity contribution in [3.05, 3.63) is 22.6 Å². The number of rotatable bonds is 15. The van der Waals surface area contributed by atoms with Crippen LogP contribution in [-0.4, -0.2) is 194 Å². The predicted octanol–water partition coefficient (Wildman–Crippen LogP) is -2.01. The van der Waals surface area contributed by atoms with E-state index in [0.29, 0.717) is 0 Å². The van der Waals surface area contributed by atoms with Gasteiger partial charge in [0.2, 0.25) is 24.0 Å². The van der Waals surface area contributed by atoms with E-state index in [0.717, 1.165) is 41.5 Å². The highest BCUT2D eigenvalue weighted by molar-refractivity contribution is 6.25. The standard InChI is InChI=1S/C42H52N2O23/c1-15-30(53)29-28(31(54)32(15)67-41-37(62-22(8)52)35(60-20(6)50)33(58-18(4)48)26(64-41)14-57-17(3)47)23(12-45)42(55-9)39-24(10-44(29)42)43(39)11-27-65-38-36(61-21(7)51)34(59-19(5)49)25(13-56-16(2)46)63-40(38)66-27/h23-27,33-41,45H,10-14H2,1-9H3/t23-,24+,25-,26-,27?,33-,34-,35+,36+,37-,38-,39+,40-,41+,42-,43?/m1/s1. The summed E-state index contributed by atoms with van der Waals surface area (Å²) in [6.07, 6.45) is -15.1. The minimum absolute atomic E-state index is 0.0313. The third kappa shape index (κ3) is 9.24. The van der Waals surface area contributed by atoms with Gasteiger partial charge in [0, 0.05) is 79.3 Å². The molecule has 7 rings (SSSR count). The van der Waals surface area contributed by atoms with Gasteiger partial charge in [-0.25, -0.2) is 0 Å². The summed E-state index contributed by atoms with van der Waals surface area (Å²) >= 11 is 0. The van der Waals surface area contributed by atoms with Gasteiger partial charge in [-0.3, -0.25) is 48.1 Å². The highest BCUT2D eigenvalue weighted by Gasteiger charge is 2.76. The lowest BCUT2D eigenvalue weighted by Gasteiger charge is -2.44. The number of Topliss-reactive ketones (excluding diaryl/α,β-unsaturated/α-hetero) is 2. The number of ether oxygens (including phenoxy) is 13. The van der Waals surface area contributed by atoms with E-state index < -0.39 is 158 Å². The molecule has 368 valence electrons. The Balaban J connectivity index is 1.13. The summed E-state index contributed by atoms with van der Waals surface area (Å²) in [5.74, 6) is -8.85. The second kappa shape index (κ2) is 19.2. The highest BCUT2D eigenvalue weighted by atomic mass is 16.8. The van der Waals surface area contributed by atoms with Crippen LogP contribution in [0.15, 0.2) is 22.6 Å². The zero-order valence-corrected chi connectivity index (χ0v) is 37.9. The van der Waals surface area contributed by atoms with Crippen LogP contribution in [0.2, 0.25) is 0 Å². The quantitative estimate of drug-likeness (QED) is 0.0803. The van der Waals surface area contributed by atoms with Crippen LogP contribution in [0.1, 0.15) is 55.4 Å². The molecular formula is C42H52N2O23. The number of ketones is 2. The van der Waals surface area contributed by atoms with E-state index in [1.807, 2.05) is 4.90 Å². The van der Waals surface area contributed by atoms with Crippen LogP contribution in [-0.2, 0) is 105 Å². The molecule has 16 atom stereocenters. The van der Waals surface area contributed by atoms with E-state index in [1.165, 1.54) is 21.0 Å². The number of aliphatic hydroxyl groups is 1. The minimum Gasteiger partial charge on any atom is -0.463 e. The number of hydrogen-bond acceptors (Lipinski definition) is 25. The van der Waals surface area contributed by atoms with Crippen molar-refractivity contribution in [2.75, 3.05) is 40.0 Å². The molecule has 25 heteroatoms. The minimum atomic E-state index is -1.85. The van der Waals surface area contributed by atoms with Crippen molar-refractivity contribution in [2.45, 2.75) is 141 Å². The van der Waals surface area contributed by atoms with Gasteiger partial charge in [-0.05, 0) is 6.92 Å². The van der Waals surface area contributed by atoms with E-state index in [-0.39, 0.29) is 42.6 Å². The molecule has 0 aromatic carbocycles. The summed E-state index contributed by atoms with van der Waals surface area (Å²) in [6.45, 7) is 7.50. The number of aliphatic hydroxyl groups excluding tert-OH is 1. The van der Waals surface area contributed by atoms with Gasteiger partial charge in [0.25, 0.3) is 0 Å². The smallest absolute Gasteiger partial charge is 0.303 e. The van der Waals surface area contributed by atoms with Crippen LogP contribution in [0.4, 0.5) is 0 Å². The van der Waals surface area contributed by atoms with E-state index in [2.05, 4.69) is 0 Å². The molecule has 6 heterocycles. The predicted molar refractivity (Wildman–Crippen MR) is 210 cm³/mol. The van der Waals surface area contributed by atoms with Crippen molar-refractivity contribution in [1.29, 1.82) is 0 Å². The molecule has 25 nitrogen and oxygen atoms in total. The van der Waals surface area contributed by atoms with E-state index >= 15 is 0 Å².